The quantitative estimate of drug-likeness (QED) is 0.757. The highest BCUT2D eigenvalue weighted by atomic mass is 35.5. The first-order chi connectivity index (χ1) is 7.12. The van der Waals surface area contributed by atoms with Crippen molar-refractivity contribution in [2.45, 2.75) is 31.7 Å². The second kappa shape index (κ2) is 4.57. The largest absolute Gasteiger partial charge is 0.279 e. The third-order valence-electron chi connectivity index (χ3n) is 3.02. The molecular formula is C9H17ClN2O2S. The Morgan fingerprint density at radius 3 is 2.27 bits per heavy atom. The zero-order valence-corrected chi connectivity index (χ0v) is 10.2. The number of rotatable bonds is 4. The minimum absolute atomic E-state index is 0.195. The Kier molecular flexibility index (Phi) is 3.55. The molecule has 0 unspecified atom stereocenters. The highest BCUT2D eigenvalue weighted by molar-refractivity contribution is 7.87. The van der Waals surface area contributed by atoms with E-state index in [1.165, 1.54) is 0 Å². The summed E-state index contributed by atoms with van der Waals surface area (Å²) in [6.07, 6.45) is 3.74. The van der Waals surface area contributed by atoms with Crippen LogP contribution in [0.2, 0.25) is 0 Å². The van der Waals surface area contributed by atoms with Crippen LogP contribution in [0.15, 0.2) is 0 Å². The van der Waals surface area contributed by atoms with Crippen LogP contribution in [0.1, 0.15) is 25.7 Å². The van der Waals surface area contributed by atoms with E-state index in [0.29, 0.717) is 24.9 Å². The zero-order valence-electron chi connectivity index (χ0n) is 8.65. The maximum atomic E-state index is 11.8. The molecule has 1 aliphatic heterocycles. The molecule has 1 saturated carbocycles. The number of piperidine rings is 1. The van der Waals surface area contributed by atoms with Crippen LogP contribution in [-0.2, 0) is 10.2 Å². The number of nitrogens with zero attached hydrogens (tertiary/aromatic N) is 1. The Morgan fingerprint density at radius 2 is 1.80 bits per heavy atom. The van der Waals surface area contributed by atoms with E-state index in [-0.39, 0.29) is 6.04 Å². The minimum Gasteiger partial charge on any atom is -0.199 e. The molecule has 2 rings (SSSR count). The summed E-state index contributed by atoms with van der Waals surface area (Å²) in [6, 6.07) is 0.195. The predicted molar refractivity (Wildman–Crippen MR) is 60.1 cm³/mol. The summed E-state index contributed by atoms with van der Waals surface area (Å²) in [5, 5.41) is 0. The smallest absolute Gasteiger partial charge is 0.199 e. The Hall–Kier alpha value is 0.160. The van der Waals surface area contributed by atoms with E-state index in [1.54, 1.807) is 4.31 Å². The second-order valence-corrected chi connectivity index (χ2v) is 6.40. The van der Waals surface area contributed by atoms with Gasteiger partial charge in [-0.25, -0.2) is 0 Å². The Bertz CT molecular complexity index is 308. The maximum absolute atomic E-state index is 11.8. The summed E-state index contributed by atoms with van der Waals surface area (Å²) in [6.45, 7) is 1.22. The van der Waals surface area contributed by atoms with Gasteiger partial charge in [0.25, 0.3) is 10.2 Å². The number of hydrogen-bond donors (Lipinski definition) is 1. The van der Waals surface area contributed by atoms with Crippen molar-refractivity contribution in [1.82, 2.24) is 9.03 Å². The summed E-state index contributed by atoms with van der Waals surface area (Å²) in [4.78, 5) is 0. The van der Waals surface area contributed by atoms with Gasteiger partial charge in [-0.1, -0.05) is 0 Å². The molecule has 1 saturated heterocycles. The highest BCUT2D eigenvalue weighted by Gasteiger charge is 2.32. The summed E-state index contributed by atoms with van der Waals surface area (Å²) in [7, 11) is -3.21. The van der Waals surface area contributed by atoms with Gasteiger partial charge in [-0.2, -0.15) is 17.4 Å². The summed E-state index contributed by atoms with van der Waals surface area (Å²) >= 11 is 5.75. The molecule has 0 spiro atoms. The van der Waals surface area contributed by atoms with Gasteiger partial charge >= 0.3 is 0 Å². The first-order valence-corrected chi connectivity index (χ1v) is 7.42. The molecule has 0 radical (unpaired) electrons. The van der Waals surface area contributed by atoms with Gasteiger partial charge in [0.15, 0.2) is 0 Å². The fraction of sp³-hybridized carbons (Fsp3) is 1.00. The van der Waals surface area contributed by atoms with Crippen LogP contribution in [0.5, 0.6) is 0 Å². The van der Waals surface area contributed by atoms with Crippen molar-refractivity contribution in [1.29, 1.82) is 0 Å². The molecule has 4 nitrogen and oxygen atoms in total. The van der Waals surface area contributed by atoms with Crippen molar-refractivity contribution in [3.05, 3.63) is 0 Å². The van der Waals surface area contributed by atoms with Gasteiger partial charge in [-0.05, 0) is 31.6 Å². The van der Waals surface area contributed by atoms with E-state index in [4.69, 9.17) is 11.6 Å². The number of nitrogens with one attached hydrogen (secondary N) is 1. The van der Waals surface area contributed by atoms with E-state index in [9.17, 15) is 8.42 Å². The molecule has 6 heteroatoms. The lowest BCUT2D eigenvalue weighted by atomic mass is 10.0. The molecule has 0 aromatic rings. The third-order valence-corrected chi connectivity index (χ3v) is 5.14. The third kappa shape index (κ3) is 3.06. The lowest BCUT2D eigenvalue weighted by Crippen LogP contribution is -2.45. The molecule has 2 aliphatic rings. The van der Waals surface area contributed by atoms with Gasteiger partial charge in [0.05, 0.1) is 0 Å². The molecule has 1 aliphatic carbocycles. The number of alkyl halides is 1. The zero-order chi connectivity index (χ0) is 10.9. The van der Waals surface area contributed by atoms with Gasteiger partial charge in [0, 0.05) is 25.0 Å². The van der Waals surface area contributed by atoms with E-state index >= 15 is 0 Å². The summed E-state index contributed by atoms with van der Waals surface area (Å²) in [5.41, 5.74) is 0. The van der Waals surface area contributed by atoms with Crippen molar-refractivity contribution < 1.29 is 8.42 Å². The lowest BCUT2D eigenvalue weighted by molar-refractivity contribution is 0.287. The van der Waals surface area contributed by atoms with Crippen molar-refractivity contribution in [2.24, 2.45) is 5.92 Å². The predicted octanol–water partition coefficient (Wildman–Crippen LogP) is 0.934. The Morgan fingerprint density at radius 1 is 1.20 bits per heavy atom. The van der Waals surface area contributed by atoms with Crippen molar-refractivity contribution in [3.8, 4) is 0 Å². The minimum atomic E-state index is -3.21. The van der Waals surface area contributed by atoms with Crippen LogP contribution in [0.4, 0.5) is 0 Å². The average molecular weight is 253 g/mol. The maximum Gasteiger partial charge on any atom is 0.279 e. The molecule has 88 valence electrons. The topological polar surface area (TPSA) is 49.4 Å². The lowest BCUT2D eigenvalue weighted by Gasteiger charge is -2.30. The van der Waals surface area contributed by atoms with Gasteiger partial charge in [0.1, 0.15) is 0 Å². The monoisotopic (exact) mass is 252 g/mol. The molecule has 0 amide bonds. The van der Waals surface area contributed by atoms with Gasteiger partial charge in [0.2, 0.25) is 0 Å². The number of halogens is 1. The van der Waals surface area contributed by atoms with E-state index in [2.05, 4.69) is 4.72 Å². The Labute approximate surface area is 96.2 Å². The normalized spacial score (nSPS) is 25.7. The molecule has 0 atom stereocenters. The van der Waals surface area contributed by atoms with Crippen LogP contribution >= 0.6 is 11.6 Å². The van der Waals surface area contributed by atoms with Crippen LogP contribution in [0, 0.1) is 5.92 Å². The van der Waals surface area contributed by atoms with Gasteiger partial charge in [-0.15, -0.1) is 11.6 Å². The molecular weight excluding hydrogens is 236 g/mol. The molecule has 0 bridgehead atoms. The van der Waals surface area contributed by atoms with Crippen molar-refractivity contribution >= 4 is 21.8 Å². The van der Waals surface area contributed by atoms with Crippen LogP contribution in [-0.4, -0.2) is 37.7 Å². The first-order valence-electron chi connectivity index (χ1n) is 5.45. The van der Waals surface area contributed by atoms with Crippen molar-refractivity contribution in [2.75, 3.05) is 19.0 Å². The Balaban J connectivity index is 1.88. The first kappa shape index (κ1) is 11.6. The molecule has 2 fully saturated rings. The van der Waals surface area contributed by atoms with E-state index in [1.807, 2.05) is 0 Å². The van der Waals surface area contributed by atoms with Crippen LogP contribution < -0.4 is 4.72 Å². The molecule has 0 aromatic carbocycles. The standard InChI is InChI=1S/C9H17ClN2O2S/c10-7-8-3-5-12(6-4-8)15(13,14)11-9-1-2-9/h8-9,11H,1-7H2. The van der Waals surface area contributed by atoms with E-state index < -0.39 is 10.2 Å². The average Bonchev–Trinajstić information content (AvgIpc) is 3.01. The van der Waals surface area contributed by atoms with Crippen LogP contribution in [0.3, 0.4) is 0 Å². The van der Waals surface area contributed by atoms with Crippen molar-refractivity contribution in [3.63, 3.8) is 0 Å². The molecule has 15 heavy (non-hydrogen) atoms. The SMILES string of the molecule is O=S(=O)(NC1CC1)N1CCC(CCl)CC1. The van der Waals surface area contributed by atoms with Crippen LogP contribution in [0.25, 0.3) is 0 Å². The van der Waals surface area contributed by atoms with Gasteiger partial charge in [-0.3, -0.25) is 0 Å². The fourth-order valence-electron chi connectivity index (χ4n) is 1.79. The molecule has 1 heterocycles. The van der Waals surface area contributed by atoms with E-state index in [0.717, 1.165) is 25.7 Å². The number of hydrogen-bond acceptors (Lipinski definition) is 2. The molecule has 1 N–H and O–H groups in total. The summed E-state index contributed by atoms with van der Waals surface area (Å²) < 4.78 is 27.9. The second-order valence-electron chi connectivity index (χ2n) is 4.39. The van der Waals surface area contributed by atoms with Gasteiger partial charge < -0.3 is 0 Å². The fourth-order valence-corrected chi connectivity index (χ4v) is 3.60. The highest BCUT2D eigenvalue weighted by Crippen LogP contribution is 2.23. The summed E-state index contributed by atoms with van der Waals surface area (Å²) in [5.74, 6) is 1.13. The molecule has 0 aromatic heterocycles.